The minimum absolute atomic E-state index is 0.0359. The molecule has 29 heavy (non-hydrogen) atoms. The summed E-state index contributed by atoms with van der Waals surface area (Å²) in [6.07, 6.45) is 0. The summed E-state index contributed by atoms with van der Waals surface area (Å²) in [5.74, 6) is 0.895. The summed E-state index contributed by atoms with van der Waals surface area (Å²) in [6.45, 7) is 6.20. The fraction of sp³-hybridized carbons (Fsp3) is 0.300. The van der Waals surface area contributed by atoms with E-state index in [-0.39, 0.29) is 12.6 Å². The van der Waals surface area contributed by atoms with Gasteiger partial charge in [-0.05, 0) is 12.5 Å². The van der Waals surface area contributed by atoms with E-state index in [1.165, 1.54) is 0 Å². The summed E-state index contributed by atoms with van der Waals surface area (Å²) >= 11 is 0. The molecule has 0 spiro atoms. The molecule has 1 aromatic carbocycles. The van der Waals surface area contributed by atoms with Crippen LogP contribution in [0.15, 0.2) is 36.4 Å². The van der Waals surface area contributed by atoms with Gasteiger partial charge in [-0.3, -0.25) is 15.2 Å². The van der Waals surface area contributed by atoms with Crippen molar-refractivity contribution in [2.45, 2.75) is 33.4 Å². The molecule has 0 aliphatic carbocycles. The maximum absolute atomic E-state index is 12.3. The van der Waals surface area contributed by atoms with Crippen molar-refractivity contribution in [3.05, 3.63) is 47.7 Å². The molecular weight excluding hydrogens is 372 g/mol. The predicted octanol–water partition coefficient (Wildman–Crippen LogP) is 3.58. The quantitative estimate of drug-likeness (QED) is 0.451. The van der Waals surface area contributed by atoms with Crippen LogP contribution in [0.1, 0.15) is 38.1 Å². The van der Waals surface area contributed by atoms with E-state index in [0.717, 1.165) is 5.56 Å². The molecule has 3 rings (SSSR count). The number of H-pyrrole nitrogens is 1. The Labute approximate surface area is 169 Å². The Kier molecular flexibility index (Phi) is 7.96. The number of fused-ring (bicyclic) bond motifs is 1. The largest absolute Gasteiger partial charge is 0.461 e. The molecule has 9 heteroatoms. The van der Waals surface area contributed by atoms with Gasteiger partial charge in [0.2, 0.25) is 0 Å². The molecule has 1 atom stereocenters. The highest BCUT2D eigenvalue weighted by atomic mass is 16.5. The average Bonchev–Trinajstić information content (AvgIpc) is 3.17. The number of urea groups is 1. The van der Waals surface area contributed by atoms with Crippen LogP contribution < -0.4 is 16.0 Å². The van der Waals surface area contributed by atoms with E-state index in [1.807, 2.05) is 51.1 Å². The topological polar surface area (TPSA) is 121 Å². The number of anilines is 2. The lowest BCUT2D eigenvalue weighted by atomic mass is 10.1. The molecule has 2 aromatic heterocycles. The average molecular weight is 398 g/mol. The monoisotopic (exact) mass is 398 g/mol. The van der Waals surface area contributed by atoms with Gasteiger partial charge in [0.1, 0.15) is 12.4 Å². The Bertz CT molecular complexity index is 942. The molecule has 154 valence electrons. The van der Waals surface area contributed by atoms with Crippen molar-refractivity contribution in [1.29, 1.82) is 0 Å². The van der Waals surface area contributed by atoms with Crippen LogP contribution in [0.2, 0.25) is 0 Å². The van der Waals surface area contributed by atoms with E-state index in [4.69, 9.17) is 4.74 Å². The molecule has 0 aliphatic heterocycles. The summed E-state index contributed by atoms with van der Waals surface area (Å²) in [6, 6.07) is 10.7. The van der Waals surface area contributed by atoms with Crippen molar-refractivity contribution >= 4 is 35.0 Å². The number of rotatable bonds is 7. The van der Waals surface area contributed by atoms with Crippen molar-refractivity contribution in [2.75, 3.05) is 17.7 Å². The van der Waals surface area contributed by atoms with Gasteiger partial charge in [0.25, 0.3) is 6.47 Å². The number of ether oxygens (including phenoxy) is 1. The number of carbonyl (C=O) groups excluding carboxylic acids is 2. The van der Waals surface area contributed by atoms with Gasteiger partial charge in [-0.25, -0.2) is 9.78 Å². The number of pyridine rings is 1. The molecule has 0 radical (unpaired) electrons. The number of benzene rings is 1. The zero-order valence-corrected chi connectivity index (χ0v) is 16.9. The van der Waals surface area contributed by atoms with Gasteiger partial charge in [0, 0.05) is 13.1 Å². The van der Waals surface area contributed by atoms with Crippen LogP contribution in [0.25, 0.3) is 10.9 Å². The molecule has 2 amide bonds. The summed E-state index contributed by atoms with van der Waals surface area (Å²) < 4.78 is 4.84. The van der Waals surface area contributed by atoms with Crippen LogP contribution >= 0.6 is 0 Å². The Hall–Kier alpha value is -3.62. The molecule has 2 heterocycles. The van der Waals surface area contributed by atoms with Gasteiger partial charge in [-0.2, -0.15) is 5.10 Å². The van der Waals surface area contributed by atoms with Crippen molar-refractivity contribution in [3.8, 4) is 0 Å². The first kappa shape index (κ1) is 21.7. The fourth-order valence-electron chi connectivity index (χ4n) is 2.76. The Morgan fingerprint density at radius 1 is 1.28 bits per heavy atom. The zero-order valence-electron chi connectivity index (χ0n) is 16.9. The van der Waals surface area contributed by atoms with Gasteiger partial charge in [0.15, 0.2) is 5.82 Å². The molecule has 3 aromatic rings. The first-order valence-corrected chi connectivity index (χ1v) is 9.35. The molecule has 0 aliphatic rings. The predicted molar refractivity (Wildman–Crippen MR) is 113 cm³/mol. The lowest BCUT2D eigenvalue weighted by Crippen LogP contribution is -2.31. The van der Waals surface area contributed by atoms with Gasteiger partial charge in [-0.1, -0.05) is 44.2 Å². The second-order valence-electron chi connectivity index (χ2n) is 5.84. The molecule has 4 N–H and O–H groups in total. The second-order valence-corrected chi connectivity index (χ2v) is 5.84. The Morgan fingerprint density at radius 3 is 2.66 bits per heavy atom. The maximum atomic E-state index is 12.3. The van der Waals surface area contributed by atoms with E-state index in [2.05, 4.69) is 31.1 Å². The maximum Gasteiger partial charge on any atom is 0.320 e. The van der Waals surface area contributed by atoms with Gasteiger partial charge in [0.05, 0.1) is 22.6 Å². The molecule has 9 nitrogen and oxygen atoms in total. The highest BCUT2D eigenvalue weighted by Gasteiger charge is 2.16. The number of aromatic amines is 1. The minimum atomic E-state index is -0.395. The highest BCUT2D eigenvalue weighted by molar-refractivity contribution is 5.96. The van der Waals surface area contributed by atoms with Crippen LogP contribution in [0.3, 0.4) is 0 Å². The molecule has 0 bridgehead atoms. The number of aromatic nitrogens is 3. The number of amides is 2. The molecule has 0 saturated heterocycles. The second kappa shape index (κ2) is 10.6. The van der Waals surface area contributed by atoms with Crippen LogP contribution in [-0.2, 0) is 16.1 Å². The lowest BCUT2D eigenvalue weighted by molar-refractivity contribution is -0.129. The number of nitrogens with one attached hydrogen (secondary N) is 4. The van der Waals surface area contributed by atoms with Gasteiger partial charge >= 0.3 is 6.03 Å². The summed E-state index contributed by atoms with van der Waals surface area (Å²) in [5.41, 5.74) is 2.12. The number of hydrogen-bond donors (Lipinski definition) is 4. The highest BCUT2D eigenvalue weighted by Crippen LogP contribution is 2.26. The summed E-state index contributed by atoms with van der Waals surface area (Å²) in [5, 5.41) is 16.2. The standard InChI is InChI=1S/C18H20N6O3.C2H6/c1-11(12-6-4-3-5-7-12)20-18(26)22-15-8-13-16(17(19-2)24-23-13)14(21-15)9-27-10-25;1-2/h3-8,10-11H,9H2,1-2H3,(H2,19,23,24)(H2,20,21,22,26);1-2H3. The van der Waals surface area contributed by atoms with Crippen LogP contribution in [-0.4, -0.2) is 34.7 Å². The van der Waals surface area contributed by atoms with Crippen molar-refractivity contribution in [3.63, 3.8) is 0 Å². The summed E-state index contributed by atoms with van der Waals surface area (Å²) in [4.78, 5) is 27.3. The van der Waals surface area contributed by atoms with Gasteiger partial charge < -0.3 is 15.4 Å². The van der Waals surface area contributed by atoms with Crippen molar-refractivity contribution < 1.29 is 14.3 Å². The van der Waals surface area contributed by atoms with E-state index >= 15 is 0 Å². The van der Waals surface area contributed by atoms with Gasteiger partial charge in [-0.15, -0.1) is 0 Å². The SMILES string of the molecule is CC.CNc1n[nH]c2cc(NC(=O)NC(C)c3ccccc3)nc(COC=O)c12. The van der Waals surface area contributed by atoms with E-state index in [1.54, 1.807) is 13.1 Å². The first-order chi connectivity index (χ1) is 14.1. The van der Waals surface area contributed by atoms with Crippen molar-refractivity contribution in [1.82, 2.24) is 20.5 Å². The Balaban J connectivity index is 0.00000145. The van der Waals surface area contributed by atoms with E-state index in [0.29, 0.717) is 34.7 Å². The molecule has 0 fully saturated rings. The van der Waals surface area contributed by atoms with Crippen LogP contribution in [0.4, 0.5) is 16.4 Å². The third kappa shape index (κ3) is 5.44. The molecule has 1 unspecified atom stereocenters. The first-order valence-electron chi connectivity index (χ1n) is 9.35. The van der Waals surface area contributed by atoms with Crippen LogP contribution in [0, 0.1) is 0 Å². The van der Waals surface area contributed by atoms with E-state index < -0.39 is 6.03 Å². The Morgan fingerprint density at radius 2 is 2.00 bits per heavy atom. The smallest absolute Gasteiger partial charge is 0.320 e. The number of hydrogen-bond acceptors (Lipinski definition) is 6. The molecular formula is C20H26N6O3. The normalized spacial score (nSPS) is 11.0. The molecule has 0 saturated carbocycles. The number of nitrogens with zero attached hydrogens (tertiary/aromatic N) is 2. The summed E-state index contributed by atoms with van der Waals surface area (Å²) in [7, 11) is 1.73. The number of carbonyl (C=O) groups is 2. The van der Waals surface area contributed by atoms with E-state index in [9.17, 15) is 9.59 Å². The van der Waals surface area contributed by atoms with Crippen LogP contribution in [0.5, 0.6) is 0 Å². The lowest BCUT2D eigenvalue weighted by Gasteiger charge is -2.15. The third-order valence-electron chi connectivity index (χ3n) is 4.03. The minimum Gasteiger partial charge on any atom is -0.461 e. The third-order valence-corrected chi connectivity index (χ3v) is 4.03. The zero-order chi connectivity index (χ0) is 21.2. The fourth-order valence-corrected chi connectivity index (χ4v) is 2.76. The van der Waals surface area contributed by atoms with Crippen molar-refractivity contribution in [2.24, 2.45) is 0 Å².